The molecule has 0 fully saturated rings. The maximum Gasteiger partial charge on any atom is 0.269 e. The number of benzene rings is 3. The number of aryl methyl sites for hydroxylation is 1. The van der Waals surface area contributed by atoms with Gasteiger partial charge in [0, 0.05) is 12.1 Å². The number of sulfonamides is 1. The van der Waals surface area contributed by atoms with Crippen molar-refractivity contribution in [2.24, 2.45) is 5.10 Å². The summed E-state index contributed by atoms with van der Waals surface area (Å²) in [6.07, 6.45) is 0. The lowest BCUT2D eigenvalue weighted by atomic mass is 10.1. The van der Waals surface area contributed by atoms with E-state index in [2.05, 4.69) is 10.5 Å². The largest absolute Gasteiger partial charge is 0.271 e. The average molecular weight is 467 g/mol. The van der Waals surface area contributed by atoms with E-state index < -0.39 is 27.4 Å². The molecule has 1 amide bonds. The number of non-ortho nitro benzene ring substituents is 1. The molecule has 3 aromatic rings. The number of anilines is 1. The van der Waals surface area contributed by atoms with Crippen molar-refractivity contribution in [3.05, 3.63) is 100 Å². The van der Waals surface area contributed by atoms with Crippen LogP contribution in [0.15, 0.2) is 88.9 Å². The van der Waals surface area contributed by atoms with Gasteiger partial charge in [-0.05, 0) is 55.8 Å². The summed E-state index contributed by atoms with van der Waals surface area (Å²) in [6.45, 7) is 3.01. The molecule has 0 bridgehead atoms. The van der Waals surface area contributed by atoms with Gasteiger partial charge in [0.25, 0.3) is 21.6 Å². The molecule has 3 aromatic carbocycles. The van der Waals surface area contributed by atoms with Crippen LogP contribution < -0.4 is 9.73 Å². The van der Waals surface area contributed by atoms with E-state index in [1.165, 1.54) is 36.4 Å². The van der Waals surface area contributed by atoms with Crippen LogP contribution in [0.3, 0.4) is 0 Å². The van der Waals surface area contributed by atoms with E-state index in [9.17, 15) is 23.3 Å². The van der Waals surface area contributed by atoms with E-state index in [0.717, 1.165) is 9.87 Å². The van der Waals surface area contributed by atoms with E-state index >= 15 is 0 Å². The summed E-state index contributed by atoms with van der Waals surface area (Å²) in [6, 6.07) is 20.3. The molecule has 0 radical (unpaired) electrons. The summed E-state index contributed by atoms with van der Waals surface area (Å²) in [7, 11) is -4.01. The topological polar surface area (TPSA) is 122 Å². The maximum atomic E-state index is 13.3. The third-order valence-electron chi connectivity index (χ3n) is 4.78. The molecule has 10 heteroatoms. The molecule has 0 atom stereocenters. The van der Waals surface area contributed by atoms with E-state index in [1.54, 1.807) is 49.4 Å². The summed E-state index contributed by atoms with van der Waals surface area (Å²) in [5.74, 6) is -0.642. The monoisotopic (exact) mass is 466 g/mol. The first-order valence-electron chi connectivity index (χ1n) is 9.91. The maximum absolute atomic E-state index is 13.3. The van der Waals surface area contributed by atoms with Crippen LogP contribution in [0.25, 0.3) is 0 Å². The lowest BCUT2D eigenvalue weighted by molar-refractivity contribution is -0.384. The number of nitro groups is 1. The molecule has 33 heavy (non-hydrogen) atoms. The van der Waals surface area contributed by atoms with E-state index in [-0.39, 0.29) is 10.6 Å². The number of hydrogen-bond acceptors (Lipinski definition) is 6. The van der Waals surface area contributed by atoms with Crippen molar-refractivity contribution >= 4 is 33.0 Å². The predicted octanol–water partition coefficient (Wildman–Crippen LogP) is 3.64. The van der Waals surface area contributed by atoms with Crippen LogP contribution in [0.5, 0.6) is 0 Å². The Labute approximate surface area is 191 Å². The van der Waals surface area contributed by atoms with Gasteiger partial charge in [0.05, 0.1) is 21.2 Å². The van der Waals surface area contributed by atoms with Crippen LogP contribution in [-0.4, -0.2) is 31.5 Å². The van der Waals surface area contributed by atoms with Gasteiger partial charge in [0.1, 0.15) is 6.54 Å². The Morgan fingerprint density at radius 1 is 1.00 bits per heavy atom. The van der Waals surface area contributed by atoms with E-state index in [4.69, 9.17) is 0 Å². The molecular weight excluding hydrogens is 444 g/mol. The van der Waals surface area contributed by atoms with Gasteiger partial charge in [-0.1, -0.05) is 35.9 Å². The zero-order chi connectivity index (χ0) is 24.0. The summed E-state index contributed by atoms with van der Waals surface area (Å²) in [5, 5.41) is 14.8. The molecule has 0 saturated carbocycles. The van der Waals surface area contributed by atoms with Crippen molar-refractivity contribution in [1.82, 2.24) is 5.43 Å². The first-order valence-corrected chi connectivity index (χ1v) is 11.3. The minimum absolute atomic E-state index is 0.0592. The number of hydrazone groups is 1. The SMILES string of the molecule is C/C(=N/NC(=O)CN(c1ccc(C)cc1)S(=O)(=O)c1ccccc1)c1ccc([N+](=O)[O-])cc1. The van der Waals surface area contributed by atoms with Gasteiger partial charge in [-0.25, -0.2) is 13.8 Å². The van der Waals surface area contributed by atoms with Crippen molar-refractivity contribution in [1.29, 1.82) is 0 Å². The quantitative estimate of drug-likeness (QED) is 0.309. The minimum Gasteiger partial charge on any atom is -0.271 e. The van der Waals surface area contributed by atoms with Gasteiger partial charge in [-0.3, -0.25) is 19.2 Å². The zero-order valence-corrected chi connectivity index (χ0v) is 18.8. The molecular formula is C23H22N4O5S. The molecule has 0 aliphatic rings. The van der Waals surface area contributed by atoms with Crippen LogP contribution in [-0.2, 0) is 14.8 Å². The number of nitrogens with zero attached hydrogens (tertiary/aromatic N) is 3. The van der Waals surface area contributed by atoms with Crippen molar-refractivity contribution in [3.8, 4) is 0 Å². The normalized spacial score (nSPS) is 11.6. The first-order chi connectivity index (χ1) is 15.7. The highest BCUT2D eigenvalue weighted by Gasteiger charge is 2.27. The fourth-order valence-electron chi connectivity index (χ4n) is 2.95. The van der Waals surface area contributed by atoms with Crippen LogP contribution in [0.2, 0.25) is 0 Å². The average Bonchev–Trinajstić information content (AvgIpc) is 2.82. The van der Waals surface area contributed by atoms with E-state index in [1.807, 2.05) is 6.92 Å². The highest BCUT2D eigenvalue weighted by molar-refractivity contribution is 7.92. The van der Waals surface area contributed by atoms with Crippen LogP contribution >= 0.6 is 0 Å². The number of carbonyl (C=O) groups excluding carboxylic acids is 1. The Kier molecular flexibility index (Phi) is 7.19. The minimum atomic E-state index is -4.01. The van der Waals surface area contributed by atoms with Crippen LogP contribution in [0, 0.1) is 17.0 Å². The second-order valence-electron chi connectivity index (χ2n) is 7.20. The lowest BCUT2D eigenvalue weighted by Gasteiger charge is -2.23. The van der Waals surface area contributed by atoms with Crippen molar-refractivity contribution in [2.75, 3.05) is 10.8 Å². The Bertz CT molecular complexity index is 1270. The number of hydrogen-bond donors (Lipinski definition) is 1. The second kappa shape index (κ2) is 10.0. The smallest absolute Gasteiger partial charge is 0.269 e. The molecule has 0 unspecified atom stereocenters. The number of amides is 1. The molecule has 3 rings (SSSR count). The van der Waals surface area contributed by atoms with Gasteiger partial charge >= 0.3 is 0 Å². The van der Waals surface area contributed by atoms with Crippen molar-refractivity contribution in [3.63, 3.8) is 0 Å². The summed E-state index contributed by atoms with van der Waals surface area (Å²) >= 11 is 0. The van der Waals surface area contributed by atoms with Gasteiger partial charge < -0.3 is 0 Å². The molecule has 0 spiro atoms. The molecule has 0 saturated heterocycles. The second-order valence-corrected chi connectivity index (χ2v) is 9.06. The number of nitro benzene ring substituents is 1. The van der Waals surface area contributed by atoms with Gasteiger partial charge in [0.15, 0.2) is 0 Å². The number of carbonyl (C=O) groups is 1. The molecule has 170 valence electrons. The summed E-state index contributed by atoms with van der Waals surface area (Å²) in [4.78, 5) is 23.0. The van der Waals surface area contributed by atoms with E-state index in [0.29, 0.717) is 17.0 Å². The molecule has 1 N–H and O–H groups in total. The number of rotatable bonds is 8. The molecule has 0 heterocycles. The Balaban J connectivity index is 1.82. The third kappa shape index (κ3) is 5.80. The Morgan fingerprint density at radius 3 is 2.18 bits per heavy atom. The molecule has 0 aliphatic heterocycles. The highest BCUT2D eigenvalue weighted by atomic mass is 32.2. The summed E-state index contributed by atoms with van der Waals surface area (Å²) < 4.78 is 27.5. The van der Waals surface area contributed by atoms with Crippen LogP contribution in [0.1, 0.15) is 18.1 Å². The third-order valence-corrected chi connectivity index (χ3v) is 6.57. The molecule has 0 aliphatic carbocycles. The molecule has 0 aromatic heterocycles. The number of nitrogens with one attached hydrogen (secondary N) is 1. The predicted molar refractivity (Wildman–Crippen MR) is 126 cm³/mol. The lowest BCUT2D eigenvalue weighted by Crippen LogP contribution is -2.39. The zero-order valence-electron chi connectivity index (χ0n) is 18.0. The van der Waals surface area contributed by atoms with Gasteiger partial charge in [0.2, 0.25) is 0 Å². The Hall–Kier alpha value is -4.05. The highest BCUT2D eigenvalue weighted by Crippen LogP contribution is 2.23. The van der Waals surface area contributed by atoms with Gasteiger partial charge in [-0.15, -0.1) is 0 Å². The summed E-state index contributed by atoms with van der Waals surface area (Å²) in [5.41, 5.74) is 4.58. The Morgan fingerprint density at radius 2 is 1.61 bits per heavy atom. The first kappa shape index (κ1) is 23.6. The van der Waals surface area contributed by atoms with Crippen molar-refractivity contribution in [2.45, 2.75) is 18.7 Å². The van der Waals surface area contributed by atoms with Crippen LogP contribution in [0.4, 0.5) is 11.4 Å². The van der Waals surface area contributed by atoms with Gasteiger partial charge in [-0.2, -0.15) is 5.10 Å². The fourth-order valence-corrected chi connectivity index (χ4v) is 4.39. The van der Waals surface area contributed by atoms with Crippen molar-refractivity contribution < 1.29 is 18.1 Å². The standard InChI is InChI=1S/C23H22N4O5S/c1-17-8-12-20(13-9-17)26(33(31,32)22-6-4-3-5-7-22)16-23(28)25-24-18(2)19-10-14-21(15-11-19)27(29)30/h3-15H,16H2,1-2H3,(H,25,28)/b24-18-. The fraction of sp³-hybridized carbons (Fsp3) is 0.130. The molecule has 9 nitrogen and oxygen atoms in total.